The lowest BCUT2D eigenvalue weighted by molar-refractivity contribution is -0.276. The number of hydrogen-bond donors (Lipinski definition) is 3. The number of ether oxygens (including phenoxy) is 2. The Hall–Kier alpha value is -4.01. The molecule has 2 saturated heterocycles. The van der Waals surface area contributed by atoms with Crippen LogP contribution in [0.15, 0.2) is 103 Å². The summed E-state index contributed by atoms with van der Waals surface area (Å²) < 4.78 is 13.5. The van der Waals surface area contributed by atoms with Crippen LogP contribution in [-0.2, 0) is 29.2 Å². The fraction of sp³-hybridized carbons (Fsp3) is 0.359. The second-order valence-electron chi connectivity index (χ2n) is 12.5. The molecule has 2 amide bonds. The van der Waals surface area contributed by atoms with Crippen LogP contribution >= 0.6 is 0 Å². The molecule has 46 heavy (non-hydrogen) atoms. The van der Waals surface area contributed by atoms with Gasteiger partial charge in [-0.15, -0.1) is 0 Å². The molecule has 0 radical (unpaired) electrons. The molecule has 0 aromatic heterocycles. The molecule has 2 fully saturated rings. The summed E-state index contributed by atoms with van der Waals surface area (Å²) in [5.74, 6) is 0.162. The molecule has 6 rings (SSSR count). The Morgan fingerprint density at radius 1 is 0.739 bits per heavy atom. The van der Waals surface area contributed by atoms with Crippen molar-refractivity contribution in [2.24, 2.45) is 5.92 Å². The van der Waals surface area contributed by atoms with E-state index in [1.807, 2.05) is 54.6 Å². The van der Waals surface area contributed by atoms with Gasteiger partial charge >= 0.3 is 6.03 Å². The third kappa shape index (κ3) is 8.22. The van der Waals surface area contributed by atoms with Crippen molar-refractivity contribution in [1.82, 2.24) is 15.5 Å². The molecule has 240 valence electrons. The molecule has 2 heterocycles. The van der Waals surface area contributed by atoms with Crippen molar-refractivity contribution < 1.29 is 19.4 Å². The number of urea groups is 1. The number of carbonyl (C=O) groups is 1. The first-order valence-corrected chi connectivity index (χ1v) is 16.5. The van der Waals surface area contributed by atoms with Crippen molar-refractivity contribution >= 4 is 6.03 Å². The average Bonchev–Trinajstić information content (AvgIpc) is 3.12. The van der Waals surface area contributed by atoms with E-state index < -0.39 is 6.29 Å². The molecule has 0 spiro atoms. The molecule has 0 saturated carbocycles. The fourth-order valence-electron chi connectivity index (χ4n) is 6.47. The topological polar surface area (TPSA) is 83.1 Å². The standard InChI is InChI=1S/C39H45N3O4/c1-28-36(26-42-20-6-3-7-21-42)45-38(46-37(28)32-18-16-30(27-43)17-19-32)35-15-9-14-34(23-35)33-13-8-12-31(22-33)25-41-39(44)40-24-29-10-4-2-5-11-29/h2,4-5,8-19,22-23,28,36-38,43H,3,6-7,20-21,24-27H2,1H3,(H2,40,41,44)/t28-,36+,37+,38+/m0/s1. The highest BCUT2D eigenvalue weighted by Gasteiger charge is 2.39. The third-order valence-electron chi connectivity index (χ3n) is 9.18. The Bertz CT molecular complexity index is 1560. The van der Waals surface area contributed by atoms with Gasteiger partial charge in [-0.05, 0) is 71.4 Å². The van der Waals surface area contributed by atoms with Gasteiger partial charge in [0, 0.05) is 31.1 Å². The number of carbonyl (C=O) groups excluding carboxylic acids is 1. The summed E-state index contributed by atoms with van der Waals surface area (Å²) in [7, 11) is 0. The number of piperidine rings is 1. The van der Waals surface area contributed by atoms with E-state index in [1.165, 1.54) is 19.3 Å². The predicted octanol–water partition coefficient (Wildman–Crippen LogP) is 7.12. The summed E-state index contributed by atoms with van der Waals surface area (Å²) in [6.45, 7) is 6.28. The van der Waals surface area contributed by atoms with Crippen molar-refractivity contribution in [2.45, 2.75) is 64.4 Å². The van der Waals surface area contributed by atoms with E-state index in [0.717, 1.165) is 58.6 Å². The lowest BCUT2D eigenvalue weighted by atomic mass is 9.89. The van der Waals surface area contributed by atoms with Crippen molar-refractivity contribution in [3.05, 3.63) is 131 Å². The Morgan fingerprint density at radius 2 is 1.41 bits per heavy atom. The van der Waals surface area contributed by atoms with Crippen molar-refractivity contribution in [1.29, 1.82) is 0 Å². The van der Waals surface area contributed by atoms with Gasteiger partial charge in [-0.3, -0.25) is 0 Å². The minimum absolute atomic E-state index is 0.0189. The Balaban J connectivity index is 1.16. The normalized spacial score (nSPS) is 21.9. The summed E-state index contributed by atoms with van der Waals surface area (Å²) in [4.78, 5) is 15.0. The monoisotopic (exact) mass is 619 g/mol. The average molecular weight is 620 g/mol. The quantitative estimate of drug-likeness (QED) is 0.176. The van der Waals surface area contributed by atoms with Gasteiger partial charge in [-0.1, -0.05) is 104 Å². The zero-order chi connectivity index (χ0) is 31.7. The predicted molar refractivity (Wildman–Crippen MR) is 181 cm³/mol. The summed E-state index contributed by atoms with van der Waals surface area (Å²) in [5, 5.41) is 15.5. The zero-order valence-corrected chi connectivity index (χ0v) is 26.6. The largest absolute Gasteiger partial charge is 0.392 e. The van der Waals surface area contributed by atoms with Gasteiger partial charge in [-0.2, -0.15) is 0 Å². The highest BCUT2D eigenvalue weighted by atomic mass is 16.7. The van der Waals surface area contributed by atoms with E-state index in [-0.39, 0.29) is 30.8 Å². The number of benzene rings is 4. The summed E-state index contributed by atoms with van der Waals surface area (Å²) in [5.41, 5.74) is 7.18. The van der Waals surface area contributed by atoms with Crippen LogP contribution < -0.4 is 10.6 Å². The smallest absolute Gasteiger partial charge is 0.315 e. The second-order valence-corrected chi connectivity index (χ2v) is 12.5. The Labute approximate surface area is 272 Å². The minimum atomic E-state index is -0.508. The molecule has 2 aliphatic heterocycles. The van der Waals surface area contributed by atoms with Crippen molar-refractivity contribution in [2.75, 3.05) is 19.6 Å². The molecule has 4 aromatic carbocycles. The van der Waals surface area contributed by atoms with Crippen molar-refractivity contribution in [3.63, 3.8) is 0 Å². The molecule has 4 atom stereocenters. The van der Waals surface area contributed by atoms with Gasteiger partial charge in [-0.25, -0.2) is 4.79 Å². The molecule has 7 nitrogen and oxygen atoms in total. The summed E-state index contributed by atoms with van der Waals surface area (Å²) >= 11 is 0. The number of amides is 2. The number of nitrogens with one attached hydrogen (secondary N) is 2. The molecule has 0 aliphatic carbocycles. The van der Waals surface area contributed by atoms with Gasteiger partial charge in [0.2, 0.25) is 0 Å². The van der Waals surface area contributed by atoms with Crippen LogP contribution in [0.4, 0.5) is 4.79 Å². The molecule has 7 heteroatoms. The maximum absolute atomic E-state index is 12.4. The van der Waals surface area contributed by atoms with E-state index in [1.54, 1.807) is 0 Å². The highest BCUT2D eigenvalue weighted by molar-refractivity contribution is 5.74. The van der Waals surface area contributed by atoms with Gasteiger partial charge < -0.3 is 30.1 Å². The van der Waals surface area contributed by atoms with Crippen LogP contribution in [0, 0.1) is 5.92 Å². The first-order valence-electron chi connectivity index (χ1n) is 16.5. The maximum Gasteiger partial charge on any atom is 0.315 e. The molecular formula is C39H45N3O4. The van der Waals surface area contributed by atoms with E-state index in [2.05, 4.69) is 71.0 Å². The second kappa shape index (κ2) is 15.5. The van der Waals surface area contributed by atoms with Gasteiger partial charge in [0.15, 0.2) is 6.29 Å². The summed E-state index contributed by atoms with van der Waals surface area (Å²) in [6, 6.07) is 34.4. The first kappa shape index (κ1) is 32.0. The molecule has 4 aromatic rings. The fourth-order valence-corrected chi connectivity index (χ4v) is 6.47. The lowest BCUT2D eigenvalue weighted by Crippen LogP contribution is -2.45. The first-order chi connectivity index (χ1) is 22.6. The third-order valence-corrected chi connectivity index (χ3v) is 9.18. The van der Waals surface area contributed by atoms with Gasteiger partial charge in [0.1, 0.15) is 0 Å². The maximum atomic E-state index is 12.4. The SMILES string of the molecule is C[C@H]1[C@@H](CN2CCCCC2)O[C@@H](c2cccc(-c3cccc(CNC(=O)NCc4ccccc4)c3)c2)O[C@H]1c1ccc(CO)cc1. The van der Waals surface area contributed by atoms with Crippen LogP contribution in [0.25, 0.3) is 11.1 Å². The number of aliphatic hydroxyl groups excluding tert-OH is 1. The van der Waals surface area contributed by atoms with E-state index in [4.69, 9.17) is 9.47 Å². The number of hydrogen-bond acceptors (Lipinski definition) is 5. The van der Waals surface area contributed by atoms with Crippen LogP contribution in [0.2, 0.25) is 0 Å². The highest BCUT2D eigenvalue weighted by Crippen LogP contribution is 2.42. The van der Waals surface area contributed by atoms with E-state index >= 15 is 0 Å². The molecular weight excluding hydrogens is 574 g/mol. The van der Waals surface area contributed by atoms with Crippen LogP contribution in [0.5, 0.6) is 0 Å². The number of nitrogens with zero attached hydrogens (tertiary/aromatic N) is 1. The molecule has 0 bridgehead atoms. The van der Waals surface area contributed by atoms with Gasteiger partial charge in [0.25, 0.3) is 0 Å². The van der Waals surface area contributed by atoms with E-state index in [0.29, 0.717) is 13.1 Å². The summed E-state index contributed by atoms with van der Waals surface area (Å²) in [6.07, 6.45) is 3.16. The molecule has 2 aliphatic rings. The van der Waals surface area contributed by atoms with Crippen molar-refractivity contribution in [3.8, 4) is 11.1 Å². The number of aliphatic hydroxyl groups is 1. The van der Waals surface area contributed by atoms with Crippen LogP contribution in [-0.4, -0.2) is 41.8 Å². The van der Waals surface area contributed by atoms with Crippen LogP contribution in [0.3, 0.4) is 0 Å². The Morgan fingerprint density at radius 3 is 2.15 bits per heavy atom. The Kier molecular flexibility index (Phi) is 10.8. The van der Waals surface area contributed by atoms with E-state index in [9.17, 15) is 9.90 Å². The zero-order valence-electron chi connectivity index (χ0n) is 26.6. The lowest BCUT2D eigenvalue weighted by Gasteiger charge is -2.43. The molecule has 0 unspecified atom stereocenters. The minimum Gasteiger partial charge on any atom is -0.392 e. The van der Waals surface area contributed by atoms with Crippen LogP contribution in [0.1, 0.15) is 66.4 Å². The van der Waals surface area contributed by atoms with Gasteiger partial charge in [0.05, 0.1) is 18.8 Å². The molecule has 3 N–H and O–H groups in total. The number of likely N-dealkylation sites (tertiary alicyclic amines) is 1. The number of rotatable bonds is 10.